The summed E-state index contributed by atoms with van der Waals surface area (Å²) in [5.41, 5.74) is 0.977. The highest BCUT2D eigenvalue weighted by molar-refractivity contribution is 6.52. The Morgan fingerprint density at radius 2 is 1.53 bits per heavy atom. The van der Waals surface area contributed by atoms with Gasteiger partial charge in [-0.3, -0.25) is 14.5 Å². The lowest BCUT2D eigenvalue weighted by Gasteiger charge is -2.26. The lowest BCUT2D eigenvalue weighted by Crippen LogP contribution is -2.29. The third kappa shape index (κ3) is 3.47. The lowest BCUT2D eigenvalue weighted by atomic mass is 9.95. The Morgan fingerprint density at radius 1 is 0.900 bits per heavy atom. The van der Waals surface area contributed by atoms with Crippen LogP contribution in [0.3, 0.4) is 0 Å². The Balaban J connectivity index is 1.96. The first-order chi connectivity index (χ1) is 14.4. The van der Waals surface area contributed by atoms with E-state index in [4.69, 9.17) is 23.2 Å². The molecule has 30 heavy (non-hydrogen) atoms. The van der Waals surface area contributed by atoms with Crippen molar-refractivity contribution in [3.05, 3.63) is 105 Å². The summed E-state index contributed by atoms with van der Waals surface area (Å²) in [6.45, 7) is 0. The van der Waals surface area contributed by atoms with Crippen LogP contribution in [0.2, 0.25) is 10.0 Å². The normalized spacial score (nSPS) is 18.1. The van der Waals surface area contributed by atoms with Crippen LogP contribution in [0.15, 0.2) is 78.4 Å². The fourth-order valence-electron chi connectivity index (χ4n) is 3.45. The molecule has 0 aromatic heterocycles. The quantitative estimate of drug-likeness (QED) is 0.319. The highest BCUT2D eigenvalue weighted by atomic mass is 35.5. The first-order valence-corrected chi connectivity index (χ1v) is 9.71. The highest BCUT2D eigenvalue weighted by Crippen LogP contribution is 2.44. The lowest BCUT2D eigenvalue weighted by molar-refractivity contribution is -0.132. The number of nitrogens with zero attached hydrogens (tertiary/aromatic N) is 1. The van der Waals surface area contributed by atoms with Crippen molar-refractivity contribution in [1.29, 1.82) is 0 Å². The van der Waals surface area contributed by atoms with E-state index in [1.54, 1.807) is 48.5 Å². The minimum absolute atomic E-state index is 0.111. The summed E-state index contributed by atoms with van der Waals surface area (Å²) in [5, 5.41) is 11.7. The summed E-state index contributed by atoms with van der Waals surface area (Å²) in [7, 11) is 0. The third-order valence-electron chi connectivity index (χ3n) is 4.87. The predicted octanol–water partition coefficient (Wildman–Crippen LogP) is 5.76. The molecule has 4 nitrogen and oxygen atoms in total. The summed E-state index contributed by atoms with van der Waals surface area (Å²) in [6.07, 6.45) is 0. The molecule has 3 aromatic carbocycles. The van der Waals surface area contributed by atoms with E-state index < -0.39 is 23.5 Å². The molecule has 3 aromatic rings. The number of aliphatic hydroxyl groups is 1. The average Bonchev–Trinajstić information content (AvgIpc) is 3.00. The van der Waals surface area contributed by atoms with Crippen molar-refractivity contribution in [1.82, 2.24) is 0 Å². The molecular formula is C23H14Cl2FNO3. The van der Waals surface area contributed by atoms with Crippen LogP contribution in [0.1, 0.15) is 17.2 Å². The number of benzene rings is 3. The van der Waals surface area contributed by atoms with Crippen LogP contribution in [-0.4, -0.2) is 16.8 Å². The second kappa shape index (κ2) is 7.94. The summed E-state index contributed by atoms with van der Waals surface area (Å²) in [4.78, 5) is 27.2. The van der Waals surface area contributed by atoms with Gasteiger partial charge in [-0.25, -0.2) is 4.39 Å². The second-order valence-electron chi connectivity index (χ2n) is 6.67. The molecular weight excluding hydrogens is 428 g/mol. The fourth-order valence-corrected chi connectivity index (χ4v) is 3.82. The standard InChI is InChI=1S/C23H14Cl2FNO3/c24-14-7-5-13(6-8-14)21(28)19-20(17-3-1-2-4-18(17)25)27(23(30)22(19)29)16-11-9-15(26)10-12-16/h1-12,20,28H/b21-19+/t20-/m1/s1. The van der Waals surface area contributed by atoms with Gasteiger partial charge in [-0.2, -0.15) is 0 Å². The molecule has 0 radical (unpaired) electrons. The molecule has 1 aliphatic heterocycles. The Hall–Kier alpha value is -3.15. The van der Waals surface area contributed by atoms with Gasteiger partial charge in [-0.05, 0) is 60.2 Å². The van der Waals surface area contributed by atoms with Crippen molar-refractivity contribution in [3.63, 3.8) is 0 Å². The van der Waals surface area contributed by atoms with Crippen LogP contribution in [0, 0.1) is 5.82 Å². The number of hydrogen-bond donors (Lipinski definition) is 1. The SMILES string of the molecule is O=C1C(=O)N(c2ccc(F)cc2)[C@H](c2ccccc2Cl)/C1=C(\O)c1ccc(Cl)cc1. The molecule has 1 amide bonds. The molecule has 0 spiro atoms. The summed E-state index contributed by atoms with van der Waals surface area (Å²) in [5.74, 6) is -2.54. The number of anilines is 1. The molecule has 1 fully saturated rings. The molecule has 7 heteroatoms. The maximum absolute atomic E-state index is 13.4. The zero-order chi connectivity index (χ0) is 21.4. The van der Waals surface area contributed by atoms with Crippen LogP contribution < -0.4 is 4.90 Å². The van der Waals surface area contributed by atoms with Gasteiger partial charge >= 0.3 is 0 Å². The smallest absolute Gasteiger partial charge is 0.300 e. The Bertz CT molecular complexity index is 1170. The van der Waals surface area contributed by atoms with Crippen molar-refractivity contribution in [2.75, 3.05) is 4.90 Å². The van der Waals surface area contributed by atoms with Crippen LogP contribution in [0.25, 0.3) is 5.76 Å². The van der Waals surface area contributed by atoms with Crippen molar-refractivity contribution >= 4 is 46.3 Å². The molecule has 1 N–H and O–H groups in total. The summed E-state index contributed by atoms with van der Waals surface area (Å²) in [6, 6.07) is 17.2. The molecule has 150 valence electrons. The number of halogens is 3. The van der Waals surface area contributed by atoms with Gasteiger partial charge in [0.05, 0.1) is 11.6 Å². The maximum Gasteiger partial charge on any atom is 0.300 e. The van der Waals surface area contributed by atoms with Gasteiger partial charge in [0.2, 0.25) is 0 Å². The molecule has 1 heterocycles. The number of amides is 1. The Labute approximate surface area is 181 Å². The van der Waals surface area contributed by atoms with Crippen molar-refractivity contribution < 1.29 is 19.1 Å². The van der Waals surface area contributed by atoms with Gasteiger partial charge in [-0.15, -0.1) is 0 Å². The van der Waals surface area contributed by atoms with E-state index >= 15 is 0 Å². The number of hydrogen-bond acceptors (Lipinski definition) is 3. The van der Waals surface area contributed by atoms with E-state index in [-0.39, 0.29) is 11.3 Å². The molecule has 0 unspecified atom stereocenters. The van der Waals surface area contributed by atoms with Crippen molar-refractivity contribution in [2.45, 2.75) is 6.04 Å². The van der Waals surface area contributed by atoms with Gasteiger partial charge in [-0.1, -0.05) is 41.4 Å². The number of carbonyl (C=O) groups excluding carboxylic acids is 2. The average molecular weight is 442 g/mol. The zero-order valence-corrected chi connectivity index (χ0v) is 16.9. The topological polar surface area (TPSA) is 57.6 Å². The van der Waals surface area contributed by atoms with Crippen molar-refractivity contribution in [3.8, 4) is 0 Å². The van der Waals surface area contributed by atoms with Crippen molar-refractivity contribution in [2.24, 2.45) is 0 Å². The largest absolute Gasteiger partial charge is 0.507 e. The number of Topliss-reactive ketones (excluding diaryl/α,β-unsaturated/α-hetero) is 1. The molecule has 0 saturated carbocycles. The maximum atomic E-state index is 13.4. The van der Waals surface area contributed by atoms with Gasteiger partial charge in [0, 0.05) is 21.3 Å². The number of aliphatic hydroxyl groups excluding tert-OH is 1. The second-order valence-corrected chi connectivity index (χ2v) is 7.52. The molecule has 1 saturated heterocycles. The minimum atomic E-state index is -0.986. The van der Waals surface area contributed by atoms with E-state index in [1.807, 2.05) is 0 Å². The van der Waals surface area contributed by atoms with Crippen LogP contribution in [0.5, 0.6) is 0 Å². The van der Waals surface area contributed by atoms with E-state index in [9.17, 15) is 19.1 Å². The summed E-state index contributed by atoms with van der Waals surface area (Å²) >= 11 is 12.3. The first-order valence-electron chi connectivity index (χ1n) is 8.95. The zero-order valence-electron chi connectivity index (χ0n) is 15.4. The third-order valence-corrected chi connectivity index (χ3v) is 5.46. The summed E-state index contributed by atoms with van der Waals surface area (Å²) < 4.78 is 13.4. The van der Waals surface area contributed by atoms with Crippen LogP contribution >= 0.6 is 23.2 Å². The van der Waals surface area contributed by atoms with E-state index in [0.29, 0.717) is 26.9 Å². The Kier molecular flexibility index (Phi) is 5.33. The predicted molar refractivity (Wildman–Crippen MR) is 114 cm³/mol. The van der Waals surface area contributed by atoms with E-state index in [0.717, 1.165) is 0 Å². The monoisotopic (exact) mass is 441 g/mol. The molecule has 0 bridgehead atoms. The van der Waals surface area contributed by atoms with Gasteiger partial charge in [0.15, 0.2) is 0 Å². The number of ketones is 1. The van der Waals surface area contributed by atoms with Gasteiger partial charge in [0.1, 0.15) is 11.6 Å². The van der Waals surface area contributed by atoms with Gasteiger partial charge in [0.25, 0.3) is 11.7 Å². The minimum Gasteiger partial charge on any atom is -0.507 e. The van der Waals surface area contributed by atoms with E-state index in [1.165, 1.54) is 29.2 Å². The number of rotatable bonds is 3. The Morgan fingerprint density at radius 3 is 2.17 bits per heavy atom. The van der Waals surface area contributed by atoms with E-state index in [2.05, 4.69) is 0 Å². The number of carbonyl (C=O) groups is 2. The van der Waals surface area contributed by atoms with Gasteiger partial charge < -0.3 is 5.11 Å². The van der Waals surface area contributed by atoms with Crippen LogP contribution in [0.4, 0.5) is 10.1 Å². The molecule has 1 aliphatic rings. The molecule has 4 rings (SSSR count). The molecule has 1 atom stereocenters. The highest BCUT2D eigenvalue weighted by Gasteiger charge is 2.47. The molecule has 0 aliphatic carbocycles. The first kappa shape index (κ1) is 20.1. The van der Waals surface area contributed by atoms with Crippen LogP contribution in [-0.2, 0) is 9.59 Å². The fraction of sp³-hybridized carbons (Fsp3) is 0.0435.